The Hall–Kier alpha value is -2.31. The van der Waals surface area contributed by atoms with Gasteiger partial charge in [-0.1, -0.05) is 36.2 Å². The molecule has 154 valence electrons. The number of carbonyl (C=O) groups is 2. The molecule has 3 heterocycles. The first-order valence-electron chi connectivity index (χ1n) is 10.3. The molecule has 0 bridgehead atoms. The molecule has 0 aliphatic carbocycles. The fraction of sp³-hybridized carbons (Fsp3) is 0.455. The van der Waals surface area contributed by atoms with Crippen molar-refractivity contribution < 1.29 is 9.59 Å². The standard InChI is InChI=1S/C22H27ClN4O2/c1-2-9-27-18-15-26(13-12-25-10-4-3-5-11-25)21(28)19(18)20(24-22(27)29)16-7-6-8-17(23)14-16/h2,6-8,14,20H,1,3-5,9-13,15H2,(H,24,29)/t20-/m0/s1. The van der Waals surface area contributed by atoms with Gasteiger partial charge in [0.1, 0.15) is 0 Å². The topological polar surface area (TPSA) is 55.9 Å². The third-order valence-electron chi connectivity index (χ3n) is 5.93. The highest BCUT2D eigenvalue weighted by Crippen LogP contribution is 2.36. The molecule has 6 nitrogen and oxygen atoms in total. The normalized spacial score (nSPS) is 22.7. The van der Waals surface area contributed by atoms with Gasteiger partial charge >= 0.3 is 6.03 Å². The number of halogens is 1. The van der Waals surface area contributed by atoms with Gasteiger partial charge in [-0.25, -0.2) is 4.79 Å². The Morgan fingerprint density at radius 3 is 2.69 bits per heavy atom. The molecule has 1 atom stereocenters. The number of hydrogen-bond acceptors (Lipinski definition) is 3. The quantitative estimate of drug-likeness (QED) is 0.727. The molecule has 3 aliphatic rings. The number of amides is 3. The summed E-state index contributed by atoms with van der Waals surface area (Å²) in [7, 11) is 0. The smallest absolute Gasteiger partial charge is 0.322 e. The van der Waals surface area contributed by atoms with Gasteiger partial charge in [0.2, 0.25) is 0 Å². The Balaban J connectivity index is 1.59. The van der Waals surface area contributed by atoms with Crippen LogP contribution in [-0.2, 0) is 4.79 Å². The predicted molar refractivity (Wildman–Crippen MR) is 114 cm³/mol. The molecule has 1 aromatic carbocycles. The minimum absolute atomic E-state index is 0.00366. The van der Waals surface area contributed by atoms with Crippen LogP contribution in [0.5, 0.6) is 0 Å². The number of nitrogens with zero attached hydrogens (tertiary/aromatic N) is 3. The first kappa shape index (κ1) is 20.0. The molecule has 7 heteroatoms. The zero-order valence-corrected chi connectivity index (χ0v) is 17.3. The predicted octanol–water partition coefficient (Wildman–Crippen LogP) is 3.17. The number of rotatable bonds is 6. The lowest BCUT2D eigenvalue weighted by atomic mass is 9.95. The SMILES string of the molecule is C=CCN1C(=O)N[C@@H](c2cccc(Cl)c2)C2=C1CN(CCN1CCCCC1)C2=O. The number of hydrogen-bond donors (Lipinski definition) is 1. The number of likely N-dealkylation sites (tertiary alicyclic amines) is 1. The second-order valence-electron chi connectivity index (χ2n) is 7.83. The Kier molecular flexibility index (Phi) is 5.92. The summed E-state index contributed by atoms with van der Waals surface area (Å²) in [6.45, 7) is 8.34. The average Bonchev–Trinajstić information content (AvgIpc) is 3.05. The van der Waals surface area contributed by atoms with E-state index in [2.05, 4.69) is 16.8 Å². The van der Waals surface area contributed by atoms with Crippen molar-refractivity contribution in [1.82, 2.24) is 20.0 Å². The van der Waals surface area contributed by atoms with E-state index in [1.165, 1.54) is 19.3 Å². The van der Waals surface area contributed by atoms with E-state index in [-0.39, 0.29) is 11.9 Å². The fourth-order valence-electron chi connectivity index (χ4n) is 4.43. The van der Waals surface area contributed by atoms with Crippen molar-refractivity contribution in [3.8, 4) is 0 Å². The Morgan fingerprint density at radius 2 is 1.97 bits per heavy atom. The number of carbonyl (C=O) groups excluding carboxylic acids is 2. The molecule has 0 saturated carbocycles. The van der Waals surface area contributed by atoms with Gasteiger partial charge in [-0.15, -0.1) is 6.58 Å². The van der Waals surface area contributed by atoms with Crippen LogP contribution in [0.2, 0.25) is 5.02 Å². The molecule has 3 aliphatic heterocycles. The largest absolute Gasteiger partial charge is 0.332 e. The maximum atomic E-state index is 13.4. The van der Waals surface area contributed by atoms with E-state index in [0.29, 0.717) is 30.2 Å². The van der Waals surface area contributed by atoms with Gasteiger partial charge in [-0.3, -0.25) is 9.69 Å². The minimum Gasteiger partial charge on any atom is -0.332 e. The highest BCUT2D eigenvalue weighted by atomic mass is 35.5. The van der Waals surface area contributed by atoms with Crippen LogP contribution in [0.3, 0.4) is 0 Å². The van der Waals surface area contributed by atoms with Gasteiger partial charge in [0.25, 0.3) is 5.91 Å². The van der Waals surface area contributed by atoms with Crippen LogP contribution in [0.4, 0.5) is 4.79 Å². The van der Waals surface area contributed by atoms with Gasteiger partial charge < -0.3 is 15.1 Å². The zero-order valence-electron chi connectivity index (χ0n) is 16.6. The van der Waals surface area contributed by atoms with Crippen LogP contribution in [0.15, 0.2) is 48.2 Å². The van der Waals surface area contributed by atoms with Crippen LogP contribution in [0.25, 0.3) is 0 Å². The lowest BCUT2D eigenvalue weighted by Crippen LogP contribution is -2.47. The molecule has 0 radical (unpaired) electrons. The van der Waals surface area contributed by atoms with Crippen LogP contribution < -0.4 is 5.32 Å². The molecule has 1 N–H and O–H groups in total. The monoisotopic (exact) mass is 414 g/mol. The Morgan fingerprint density at radius 1 is 1.17 bits per heavy atom. The van der Waals surface area contributed by atoms with E-state index < -0.39 is 6.04 Å². The third kappa shape index (κ3) is 4.05. The molecule has 4 rings (SSSR count). The number of piperidine rings is 1. The average molecular weight is 415 g/mol. The molecule has 1 fully saturated rings. The lowest BCUT2D eigenvalue weighted by Gasteiger charge is -2.33. The number of benzene rings is 1. The van der Waals surface area contributed by atoms with E-state index in [1.807, 2.05) is 23.1 Å². The van der Waals surface area contributed by atoms with Crippen LogP contribution in [-0.4, -0.2) is 65.9 Å². The van der Waals surface area contributed by atoms with Crippen molar-refractivity contribution >= 4 is 23.5 Å². The van der Waals surface area contributed by atoms with Crippen molar-refractivity contribution in [1.29, 1.82) is 0 Å². The molecule has 29 heavy (non-hydrogen) atoms. The Bertz CT molecular complexity index is 847. The summed E-state index contributed by atoms with van der Waals surface area (Å²) in [5.74, 6) is -0.00366. The summed E-state index contributed by atoms with van der Waals surface area (Å²) < 4.78 is 0. The van der Waals surface area contributed by atoms with Gasteiger partial charge in [-0.05, 0) is 43.6 Å². The summed E-state index contributed by atoms with van der Waals surface area (Å²) in [6.07, 6.45) is 5.43. The summed E-state index contributed by atoms with van der Waals surface area (Å²) >= 11 is 6.17. The van der Waals surface area contributed by atoms with Crippen LogP contribution in [0.1, 0.15) is 30.9 Å². The summed E-state index contributed by atoms with van der Waals surface area (Å²) in [5, 5.41) is 3.57. The molecule has 1 saturated heterocycles. The van der Waals surface area contributed by atoms with Crippen molar-refractivity contribution in [2.45, 2.75) is 25.3 Å². The van der Waals surface area contributed by atoms with Crippen LogP contribution in [0, 0.1) is 0 Å². The van der Waals surface area contributed by atoms with Crippen molar-refractivity contribution in [2.75, 3.05) is 39.3 Å². The molecular weight excluding hydrogens is 388 g/mol. The van der Waals surface area contributed by atoms with Crippen molar-refractivity contribution in [3.05, 3.63) is 58.8 Å². The van der Waals surface area contributed by atoms with E-state index in [1.54, 1.807) is 17.0 Å². The van der Waals surface area contributed by atoms with Gasteiger partial charge in [-0.2, -0.15) is 0 Å². The Labute approximate surface area is 176 Å². The fourth-order valence-corrected chi connectivity index (χ4v) is 4.63. The third-order valence-corrected chi connectivity index (χ3v) is 6.16. The molecule has 0 spiro atoms. The van der Waals surface area contributed by atoms with Crippen LogP contribution >= 0.6 is 11.6 Å². The highest BCUT2D eigenvalue weighted by molar-refractivity contribution is 6.30. The van der Waals surface area contributed by atoms with Gasteiger partial charge in [0, 0.05) is 24.7 Å². The van der Waals surface area contributed by atoms with Crippen molar-refractivity contribution in [3.63, 3.8) is 0 Å². The maximum absolute atomic E-state index is 13.4. The molecular formula is C22H27ClN4O2. The summed E-state index contributed by atoms with van der Waals surface area (Å²) in [4.78, 5) is 32.0. The second-order valence-corrected chi connectivity index (χ2v) is 8.26. The summed E-state index contributed by atoms with van der Waals surface area (Å²) in [5.41, 5.74) is 2.25. The van der Waals surface area contributed by atoms with Crippen molar-refractivity contribution in [2.24, 2.45) is 0 Å². The molecule has 1 aromatic rings. The van der Waals surface area contributed by atoms with E-state index in [0.717, 1.165) is 30.9 Å². The molecule has 0 aromatic heterocycles. The lowest BCUT2D eigenvalue weighted by molar-refractivity contribution is -0.126. The zero-order chi connectivity index (χ0) is 20.4. The number of urea groups is 1. The number of nitrogens with one attached hydrogen (secondary N) is 1. The van der Waals surface area contributed by atoms with E-state index in [9.17, 15) is 9.59 Å². The second kappa shape index (κ2) is 8.59. The van der Waals surface area contributed by atoms with Gasteiger partial charge in [0.05, 0.1) is 23.9 Å². The first-order valence-corrected chi connectivity index (χ1v) is 10.7. The first-order chi connectivity index (χ1) is 14.1. The molecule has 3 amide bonds. The van der Waals surface area contributed by atoms with E-state index in [4.69, 9.17) is 11.6 Å². The molecule has 0 unspecified atom stereocenters. The van der Waals surface area contributed by atoms with Gasteiger partial charge in [0.15, 0.2) is 0 Å². The highest BCUT2D eigenvalue weighted by Gasteiger charge is 2.43. The summed E-state index contributed by atoms with van der Waals surface area (Å²) in [6, 6.07) is 6.64. The minimum atomic E-state index is -0.482. The maximum Gasteiger partial charge on any atom is 0.322 e. The van der Waals surface area contributed by atoms with E-state index >= 15 is 0 Å².